The molecule has 16 heavy (non-hydrogen) atoms. The molecular weight excluding hydrogens is 198 g/mol. The summed E-state index contributed by atoms with van der Waals surface area (Å²) in [6.45, 7) is 6.56. The quantitative estimate of drug-likeness (QED) is 0.825. The van der Waals surface area contributed by atoms with Crippen molar-refractivity contribution in [2.24, 2.45) is 5.92 Å². The predicted molar refractivity (Wildman–Crippen MR) is 66.9 cm³/mol. The Labute approximate surface area is 98.0 Å². The first kappa shape index (κ1) is 11.5. The van der Waals surface area contributed by atoms with Gasteiger partial charge in [0.15, 0.2) is 0 Å². The lowest BCUT2D eigenvalue weighted by molar-refractivity contribution is 0.109. The van der Waals surface area contributed by atoms with Crippen molar-refractivity contribution in [2.75, 3.05) is 7.05 Å². The molecule has 0 aromatic heterocycles. The van der Waals surface area contributed by atoms with Crippen LogP contribution in [0.3, 0.4) is 0 Å². The van der Waals surface area contributed by atoms with Crippen LogP contribution in [0.15, 0.2) is 18.2 Å². The molecule has 0 radical (unpaired) electrons. The van der Waals surface area contributed by atoms with Crippen molar-refractivity contribution < 1.29 is 4.74 Å². The van der Waals surface area contributed by atoms with Crippen LogP contribution in [0.1, 0.15) is 37.4 Å². The van der Waals surface area contributed by atoms with Crippen molar-refractivity contribution in [3.8, 4) is 5.75 Å². The maximum atomic E-state index is 6.04. The van der Waals surface area contributed by atoms with Crippen molar-refractivity contribution in [3.05, 3.63) is 29.3 Å². The number of rotatable bonds is 2. The van der Waals surface area contributed by atoms with Gasteiger partial charge in [0.25, 0.3) is 0 Å². The molecule has 2 heteroatoms. The summed E-state index contributed by atoms with van der Waals surface area (Å²) >= 11 is 0. The number of hydrogen-bond donors (Lipinski definition) is 1. The van der Waals surface area contributed by atoms with Crippen molar-refractivity contribution in [1.82, 2.24) is 5.32 Å². The Kier molecular flexibility index (Phi) is 3.20. The van der Waals surface area contributed by atoms with E-state index in [-0.39, 0.29) is 0 Å². The van der Waals surface area contributed by atoms with Gasteiger partial charge in [0.05, 0.1) is 0 Å². The molecule has 1 heterocycles. The first-order valence-electron chi connectivity index (χ1n) is 6.06. The van der Waals surface area contributed by atoms with Crippen molar-refractivity contribution in [1.29, 1.82) is 0 Å². The summed E-state index contributed by atoms with van der Waals surface area (Å²) in [6, 6.07) is 6.88. The molecule has 0 spiro atoms. The zero-order valence-corrected chi connectivity index (χ0v) is 10.6. The van der Waals surface area contributed by atoms with Crippen LogP contribution < -0.4 is 10.1 Å². The van der Waals surface area contributed by atoms with Gasteiger partial charge in [-0.05, 0) is 26.0 Å². The Bertz CT molecular complexity index is 373. The van der Waals surface area contributed by atoms with Crippen LogP contribution in [-0.2, 0) is 0 Å². The van der Waals surface area contributed by atoms with Crippen LogP contribution >= 0.6 is 0 Å². The molecule has 1 N–H and O–H groups in total. The summed E-state index contributed by atoms with van der Waals surface area (Å²) in [7, 11) is 2.03. The summed E-state index contributed by atoms with van der Waals surface area (Å²) in [6.07, 6.45) is 1.39. The lowest BCUT2D eigenvalue weighted by atomic mass is 9.91. The number of aryl methyl sites for hydroxylation is 1. The second-order valence-electron chi connectivity index (χ2n) is 5.02. The third-order valence-electron chi connectivity index (χ3n) is 3.38. The second-order valence-corrected chi connectivity index (χ2v) is 5.02. The average molecular weight is 219 g/mol. The summed E-state index contributed by atoms with van der Waals surface area (Å²) in [5.41, 5.74) is 2.60. The number of benzene rings is 1. The molecule has 0 saturated heterocycles. The maximum Gasteiger partial charge on any atom is 0.124 e. The highest BCUT2D eigenvalue weighted by atomic mass is 16.5. The van der Waals surface area contributed by atoms with Gasteiger partial charge in [-0.15, -0.1) is 0 Å². The largest absolute Gasteiger partial charge is 0.490 e. The first-order chi connectivity index (χ1) is 7.61. The lowest BCUT2D eigenvalue weighted by Crippen LogP contribution is -2.34. The van der Waals surface area contributed by atoms with Gasteiger partial charge in [0, 0.05) is 18.0 Å². The molecule has 88 valence electrons. The number of hydrogen-bond acceptors (Lipinski definition) is 2. The Morgan fingerprint density at radius 2 is 2.12 bits per heavy atom. The maximum absolute atomic E-state index is 6.04. The fraction of sp³-hybridized carbons (Fsp3) is 0.571. The summed E-state index contributed by atoms with van der Waals surface area (Å²) < 4.78 is 6.04. The Morgan fingerprint density at radius 1 is 1.38 bits per heavy atom. The topological polar surface area (TPSA) is 21.3 Å². The average Bonchev–Trinajstić information content (AvgIpc) is 2.27. The van der Waals surface area contributed by atoms with Gasteiger partial charge in [-0.1, -0.05) is 31.5 Å². The van der Waals surface area contributed by atoms with Crippen LogP contribution in [0.2, 0.25) is 0 Å². The number of nitrogens with one attached hydrogen (secondary N) is 1. The first-order valence-corrected chi connectivity index (χ1v) is 6.06. The van der Waals surface area contributed by atoms with Crippen LogP contribution in [0.5, 0.6) is 5.75 Å². The SMILES string of the molecule is CNC1CC(C(C)C)Oc2ccc(C)cc21. The molecular formula is C14H21NO. The van der Waals surface area contributed by atoms with Gasteiger partial charge in [-0.2, -0.15) is 0 Å². The molecule has 0 saturated carbocycles. The van der Waals surface area contributed by atoms with E-state index in [0.717, 1.165) is 12.2 Å². The fourth-order valence-electron chi connectivity index (χ4n) is 2.30. The van der Waals surface area contributed by atoms with E-state index in [1.54, 1.807) is 0 Å². The summed E-state index contributed by atoms with van der Waals surface area (Å²) in [5, 5.41) is 3.39. The van der Waals surface area contributed by atoms with E-state index >= 15 is 0 Å². The van der Waals surface area contributed by atoms with Crippen LogP contribution in [0.25, 0.3) is 0 Å². The van der Waals surface area contributed by atoms with Gasteiger partial charge >= 0.3 is 0 Å². The van der Waals surface area contributed by atoms with Gasteiger partial charge in [-0.25, -0.2) is 0 Å². The normalized spacial score (nSPS) is 24.1. The summed E-state index contributed by atoms with van der Waals surface area (Å²) in [4.78, 5) is 0. The van der Waals surface area contributed by atoms with E-state index in [1.807, 2.05) is 7.05 Å². The second kappa shape index (κ2) is 4.46. The number of fused-ring (bicyclic) bond motifs is 1. The Balaban J connectivity index is 2.34. The van der Waals surface area contributed by atoms with Crippen LogP contribution in [0.4, 0.5) is 0 Å². The highest BCUT2D eigenvalue weighted by Crippen LogP contribution is 2.37. The standard InChI is InChI=1S/C14H21NO/c1-9(2)14-8-12(15-4)11-7-10(3)5-6-13(11)16-14/h5-7,9,12,14-15H,8H2,1-4H3. The molecule has 1 aliphatic heterocycles. The van der Waals surface area contributed by atoms with Crippen molar-refractivity contribution in [2.45, 2.75) is 39.3 Å². The minimum absolute atomic E-state index is 0.327. The van der Waals surface area contributed by atoms with E-state index in [1.165, 1.54) is 11.1 Å². The smallest absolute Gasteiger partial charge is 0.124 e. The highest BCUT2D eigenvalue weighted by molar-refractivity contribution is 5.40. The summed E-state index contributed by atoms with van der Waals surface area (Å²) in [5.74, 6) is 1.61. The molecule has 1 aliphatic rings. The molecule has 2 atom stereocenters. The van der Waals surface area contributed by atoms with E-state index in [2.05, 4.69) is 44.3 Å². The minimum atomic E-state index is 0.327. The van der Waals surface area contributed by atoms with Gasteiger partial charge < -0.3 is 10.1 Å². The lowest BCUT2D eigenvalue weighted by Gasteiger charge is -2.34. The Hall–Kier alpha value is -1.02. The fourth-order valence-corrected chi connectivity index (χ4v) is 2.30. The molecule has 2 unspecified atom stereocenters. The zero-order chi connectivity index (χ0) is 11.7. The van der Waals surface area contributed by atoms with Gasteiger partial charge in [0.2, 0.25) is 0 Å². The number of ether oxygens (including phenoxy) is 1. The van der Waals surface area contributed by atoms with Crippen LogP contribution in [0, 0.1) is 12.8 Å². The third kappa shape index (κ3) is 2.07. The molecule has 2 rings (SSSR count). The zero-order valence-electron chi connectivity index (χ0n) is 10.6. The van der Waals surface area contributed by atoms with E-state index in [9.17, 15) is 0 Å². The highest BCUT2D eigenvalue weighted by Gasteiger charge is 2.28. The van der Waals surface area contributed by atoms with E-state index < -0.39 is 0 Å². The molecule has 1 aromatic carbocycles. The Morgan fingerprint density at radius 3 is 2.75 bits per heavy atom. The predicted octanol–water partition coefficient (Wildman–Crippen LogP) is 3.06. The van der Waals surface area contributed by atoms with Crippen molar-refractivity contribution >= 4 is 0 Å². The molecule has 0 bridgehead atoms. The van der Waals surface area contributed by atoms with Crippen LogP contribution in [-0.4, -0.2) is 13.2 Å². The van der Waals surface area contributed by atoms with Gasteiger partial charge in [0.1, 0.15) is 11.9 Å². The molecule has 0 amide bonds. The molecule has 0 fully saturated rings. The van der Waals surface area contributed by atoms with E-state index in [4.69, 9.17) is 4.74 Å². The van der Waals surface area contributed by atoms with Gasteiger partial charge in [-0.3, -0.25) is 0 Å². The van der Waals surface area contributed by atoms with E-state index in [0.29, 0.717) is 18.1 Å². The monoisotopic (exact) mass is 219 g/mol. The van der Waals surface area contributed by atoms with Crippen molar-refractivity contribution in [3.63, 3.8) is 0 Å². The molecule has 1 aromatic rings. The third-order valence-corrected chi connectivity index (χ3v) is 3.38. The minimum Gasteiger partial charge on any atom is -0.490 e. The molecule has 2 nitrogen and oxygen atoms in total. The molecule has 0 aliphatic carbocycles.